The second-order valence-electron chi connectivity index (χ2n) is 7.27. The van der Waals surface area contributed by atoms with Crippen LogP contribution in [0.1, 0.15) is 44.6 Å². The van der Waals surface area contributed by atoms with E-state index < -0.39 is 0 Å². The predicted molar refractivity (Wildman–Crippen MR) is 105 cm³/mol. The fraction of sp³-hybridized carbons (Fsp3) is 0.667. The molecule has 1 aromatic rings. The minimum absolute atomic E-state index is 0.200. The lowest BCUT2D eigenvalue weighted by atomic mass is 10.1. The van der Waals surface area contributed by atoms with E-state index in [1.165, 1.54) is 18.9 Å². The molecule has 0 saturated carbocycles. The van der Waals surface area contributed by atoms with E-state index in [2.05, 4.69) is 22.1 Å². The van der Waals surface area contributed by atoms with Gasteiger partial charge in [-0.25, -0.2) is 9.38 Å². The minimum atomic E-state index is -0.200. The summed E-state index contributed by atoms with van der Waals surface area (Å²) in [6.45, 7) is 6.59. The van der Waals surface area contributed by atoms with Crippen molar-refractivity contribution in [1.82, 2.24) is 10.2 Å². The number of halogens is 1. The highest BCUT2D eigenvalue weighted by molar-refractivity contribution is 5.80. The third-order valence-corrected chi connectivity index (χ3v) is 5.23. The number of rotatable bonds is 6. The number of piperidine rings is 1. The van der Waals surface area contributed by atoms with Crippen molar-refractivity contribution in [2.45, 2.75) is 57.8 Å². The van der Waals surface area contributed by atoms with Crippen LogP contribution in [-0.2, 0) is 16.0 Å². The highest BCUT2D eigenvalue weighted by Crippen LogP contribution is 2.18. The van der Waals surface area contributed by atoms with Crippen molar-refractivity contribution >= 4 is 5.96 Å². The molecule has 6 heteroatoms. The van der Waals surface area contributed by atoms with Crippen LogP contribution in [-0.4, -0.2) is 55.9 Å². The van der Waals surface area contributed by atoms with Gasteiger partial charge in [0, 0.05) is 31.8 Å². The summed E-state index contributed by atoms with van der Waals surface area (Å²) in [5.74, 6) is 0.656. The standard InChI is InChI=1S/C21H32FN3O2/c1-2-23-21(24-15-17-7-3-4-9-20(17)22)25-12-10-18(11-13-25)27-16-19-8-5-6-14-26-19/h3-4,7,9,18-19H,2,5-6,8,10-16H2,1H3,(H,23,24). The van der Waals surface area contributed by atoms with E-state index >= 15 is 0 Å². The zero-order valence-corrected chi connectivity index (χ0v) is 16.3. The van der Waals surface area contributed by atoms with Crippen molar-refractivity contribution < 1.29 is 13.9 Å². The lowest BCUT2D eigenvalue weighted by molar-refractivity contribution is -0.0721. The van der Waals surface area contributed by atoms with E-state index in [1.807, 2.05) is 6.07 Å². The van der Waals surface area contributed by atoms with Crippen LogP contribution in [0.2, 0.25) is 0 Å². The van der Waals surface area contributed by atoms with Crippen LogP contribution in [0.3, 0.4) is 0 Å². The molecule has 0 aliphatic carbocycles. The first-order valence-corrected chi connectivity index (χ1v) is 10.3. The van der Waals surface area contributed by atoms with Crippen LogP contribution in [0.15, 0.2) is 29.3 Å². The largest absolute Gasteiger partial charge is 0.376 e. The average Bonchev–Trinajstić information content (AvgIpc) is 2.72. The molecule has 2 aliphatic heterocycles. The van der Waals surface area contributed by atoms with Gasteiger partial charge in [0.05, 0.1) is 25.4 Å². The Labute approximate surface area is 161 Å². The molecular weight excluding hydrogens is 345 g/mol. The number of hydrogen-bond donors (Lipinski definition) is 1. The normalized spacial score (nSPS) is 22.1. The number of nitrogens with one attached hydrogen (secondary N) is 1. The number of benzene rings is 1. The summed E-state index contributed by atoms with van der Waals surface area (Å²) < 4.78 is 25.7. The molecule has 1 unspecified atom stereocenters. The number of aliphatic imine (C=N–C) groups is 1. The molecule has 1 N–H and O–H groups in total. The number of likely N-dealkylation sites (tertiary alicyclic amines) is 1. The Balaban J connectivity index is 1.47. The van der Waals surface area contributed by atoms with Gasteiger partial charge in [-0.15, -0.1) is 0 Å². The van der Waals surface area contributed by atoms with Gasteiger partial charge in [0.2, 0.25) is 0 Å². The summed E-state index contributed by atoms with van der Waals surface area (Å²) in [6, 6.07) is 6.82. The van der Waals surface area contributed by atoms with E-state index in [9.17, 15) is 4.39 Å². The maximum absolute atomic E-state index is 13.8. The zero-order chi connectivity index (χ0) is 18.9. The number of guanidine groups is 1. The van der Waals surface area contributed by atoms with Crippen molar-refractivity contribution in [2.75, 3.05) is 32.8 Å². The van der Waals surface area contributed by atoms with Crippen molar-refractivity contribution in [1.29, 1.82) is 0 Å². The van der Waals surface area contributed by atoms with Gasteiger partial charge in [-0.1, -0.05) is 18.2 Å². The third-order valence-electron chi connectivity index (χ3n) is 5.23. The van der Waals surface area contributed by atoms with Gasteiger partial charge < -0.3 is 19.7 Å². The van der Waals surface area contributed by atoms with Gasteiger partial charge in [0.15, 0.2) is 5.96 Å². The van der Waals surface area contributed by atoms with Crippen molar-refractivity contribution in [2.24, 2.45) is 4.99 Å². The van der Waals surface area contributed by atoms with Crippen LogP contribution in [0.4, 0.5) is 4.39 Å². The molecule has 27 heavy (non-hydrogen) atoms. The Morgan fingerprint density at radius 3 is 2.78 bits per heavy atom. The summed E-state index contributed by atoms with van der Waals surface area (Å²) in [5.41, 5.74) is 0.624. The maximum Gasteiger partial charge on any atom is 0.194 e. The van der Waals surface area contributed by atoms with Crippen molar-refractivity contribution in [3.63, 3.8) is 0 Å². The summed E-state index contributed by atoms with van der Waals surface area (Å²) in [4.78, 5) is 6.89. The maximum atomic E-state index is 13.8. The molecule has 1 aromatic carbocycles. The molecule has 3 rings (SSSR count). The molecule has 1 atom stereocenters. The highest BCUT2D eigenvalue weighted by Gasteiger charge is 2.23. The first-order chi connectivity index (χ1) is 13.3. The second-order valence-corrected chi connectivity index (χ2v) is 7.27. The molecule has 0 amide bonds. The Bertz CT molecular complexity index is 597. The smallest absolute Gasteiger partial charge is 0.194 e. The van der Waals surface area contributed by atoms with Crippen molar-refractivity contribution in [3.8, 4) is 0 Å². The fourth-order valence-electron chi connectivity index (χ4n) is 3.63. The molecule has 5 nitrogen and oxygen atoms in total. The Morgan fingerprint density at radius 1 is 1.26 bits per heavy atom. The molecule has 2 heterocycles. The molecule has 2 fully saturated rings. The summed E-state index contributed by atoms with van der Waals surface area (Å²) in [7, 11) is 0. The first-order valence-electron chi connectivity index (χ1n) is 10.3. The average molecular weight is 378 g/mol. The summed E-state index contributed by atoms with van der Waals surface area (Å²) >= 11 is 0. The lowest BCUT2D eigenvalue weighted by Gasteiger charge is -2.35. The summed E-state index contributed by atoms with van der Waals surface area (Å²) in [5, 5.41) is 3.33. The SMILES string of the molecule is CCNC(=NCc1ccccc1F)N1CCC(OCC2CCCCO2)CC1. The molecule has 0 radical (unpaired) electrons. The fourth-order valence-corrected chi connectivity index (χ4v) is 3.63. The molecule has 2 aliphatic rings. The van der Waals surface area contributed by atoms with Crippen LogP contribution in [0, 0.1) is 5.82 Å². The van der Waals surface area contributed by atoms with Gasteiger partial charge in [-0.2, -0.15) is 0 Å². The molecule has 0 spiro atoms. The van der Waals surface area contributed by atoms with E-state index in [0.29, 0.717) is 24.8 Å². The van der Waals surface area contributed by atoms with Crippen LogP contribution in [0.25, 0.3) is 0 Å². The third kappa shape index (κ3) is 6.18. The van der Waals surface area contributed by atoms with Gasteiger partial charge in [0.1, 0.15) is 5.82 Å². The van der Waals surface area contributed by atoms with Gasteiger partial charge >= 0.3 is 0 Å². The second kappa shape index (κ2) is 10.6. The van der Waals surface area contributed by atoms with Gasteiger partial charge in [-0.05, 0) is 45.1 Å². The topological polar surface area (TPSA) is 46.1 Å². The molecule has 0 aromatic heterocycles. The Kier molecular flexibility index (Phi) is 7.90. The zero-order valence-electron chi connectivity index (χ0n) is 16.3. The molecule has 2 saturated heterocycles. The van der Waals surface area contributed by atoms with Crippen molar-refractivity contribution in [3.05, 3.63) is 35.6 Å². The highest BCUT2D eigenvalue weighted by atomic mass is 19.1. The first kappa shape index (κ1) is 20.1. The van der Waals surface area contributed by atoms with E-state index in [-0.39, 0.29) is 11.9 Å². The number of nitrogens with zero attached hydrogens (tertiary/aromatic N) is 2. The quantitative estimate of drug-likeness (QED) is 0.610. The molecular formula is C21H32FN3O2. The van der Waals surface area contributed by atoms with E-state index in [1.54, 1.807) is 12.1 Å². The monoisotopic (exact) mass is 377 g/mol. The summed E-state index contributed by atoms with van der Waals surface area (Å²) in [6.07, 6.45) is 6.07. The van der Waals surface area contributed by atoms with E-state index in [4.69, 9.17) is 9.47 Å². The van der Waals surface area contributed by atoms with Gasteiger partial charge in [0.25, 0.3) is 0 Å². The molecule has 0 bridgehead atoms. The van der Waals surface area contributed by atoms with Crippen LogP contribution < -0.4 is 5.32 Å². The minimum Gasteiger partial charge on any atom is -0.376 e. The van der Waals surface area contributed by atoms with Crippen LogP contribution >= 0.6 is 0 Å². The Hall–Kier alpha value is -1.66. The Morgan fingerprint density at radius 2 is 2.07 bits per heavy atom. The number of ether oxygens (including phenoxy) is 2. The predicted octanol–water partition coefficient (Wildman–Crippen LogP) is 3.34. The lowest BCUT2D eigenvalue weighted by Crippen LogP contribution is -2.47. The molecule has 150 valence electrons. The van der Waals surface area contributed by atoms with Gasteiger partial charge in [-0.3, -0.25) is 0 Å². The number of hydrogen-bond acceptors (Lipinski definition) is 3. The van der Waals surface area contributed by atoms with Crippen LogP contribution in [0.5, 0.6) is 0 Å². The van der Waals surface area contributed by atoms with E-state index in [0.717, 1.165) is 51.5 Å².